The van der Waals surface area contributed by atoms with Crippen LogP contribution >= 0.6 is 11.3 Å². The zero-order chi connectivity index (χ0) is 21.6. The van der Waals surface area contributed by atoms with E-state index in [-0.39, 0.29) is 29.4 Å². The van der Waals surface area contributed by atoms with Gasteiger partial charge < -0.3 is 9.64 Å². The van der Waals surface area contributed by atoms with Crippen molar-refractivity contribution in [2.24, 2.45) is 0 Å². The van der Waals surface area contributed by atoms with Crippen LogP contribution in [0.4, 0.5) is 0 Å². The molecule has 3 unspecified atom stereocenters. The van der Waals surface area contributed by atoms with Crippen molar-refractivity contribution in [3.8, 4) is 5.75 Å². The number of hydrogen-bond acceptors (Lipinski definition) is 5. The number of hydrogen-bond donors (Lipinski definition) is 0. The molecule has 0 saturated carbocycles. The van der Waals surface area contributed by atoms with Gasteiger partial charge in [0, 0.05) is 36.0 Å². The van der Waals surface area contributed by atoms with E-state index in [0.29, 0.717) is 11.3 Å². The van der Waals surface area contributed by atoms with Crippen molar-refractivity contribution < 1.29 is 14.3 Å². The van der Waals surface area contributed by atoms with Crippen molar-refractivity contribution in [1.29, 1.82) is 0 Å². The van der Waals surface area contributed by atoms with Crippen molar-refractivity contribution in [2.75, 3.05) is 20.7 Å². The fourth-order valence-corrected chi connectivity index (χ4v) is 5.73. The van der Waals surface area contributed by atoms with Gasteiger partial charge in [0.15, 0.2) is 6.29 Å². The first-order chi connectivity index (χ1) is 14.3. The summed E-state index contributed by atoms with van der Waals surface area (Å²) in [6, 6.07) is 8.19. The van der Waals surface area contributed by atoms with Crippen LogP contribution in [0.15, 0.2) is 29.6 Å². The first kappa shape index (κ1) is 21.1. The summed E-state index contributed by atoms with van der Waals surface area (Å²) in [4.78, 5) is 30.8. The lowest BCUT2D eigenvalue weighted by atomic mass is 9.85. The van der Waals surface area contributed by atoms with Gasteiger partial charge in [0.1, 0.15) is 5.75 Å². The van der Waals surface area contributed by atoms with Crippen LogP contribution in [-0.4, -0.2) is 54.3 Å². The summed E-state index contributed by atoms with van der Waals surface area (Å²) < 4.78 is 5.44. The highest BCUT2D eigenvalue weighted by molar-refractivity contribution is 7.10. The number of benzene rings is 1. The smallest absolute Gasteiger partial charge is 0.240 e. The largest absolute Gasteiger partial charge is 0.496 e. The molecule has 160 valence electrons. The van der Waals surface area contributed by atoms with E-state index in [1.165, 1.54) is 10.4 Å². The molecule has 2 aromatic rings. The van der Waals surface area contributed by atoms with Crippen molar-refractivity contribution in [1.82, 2.24) is 9.80 Å². The Bertz CT molecular complexity index is 948. The third-order valence-electron chi connectivity index (χ3n) is 6.72. The number of carbonyl (C=O) groups excluding carboxylic acids is 2. The average molecular weight is 427 g/mol. The number of aldehydes is 1. The zero-order valence-electron chi connectivity index (χ0n) is 18.3. The maximum Gasteiger partial charge on any atom is 0.240 e. The standard InChI is InChI=1S/C24H30N2O3S/c1-24(2,3)25(4)23(28)19-13-18(21-7-6-10-30-21)22-17-11-16(14-27)20(29-5)12-15(17)8-9-26(19)22/h6-7,10-12,14,18-19,22H,8-9,13H2,1-5H3. The Morgan fingerprint density at radius 1 is 1.33 bits per heavy atom. The molecule has 1 fully saturated rings. The highest BCUT2D eigenvalue weighted by Crippen LogP contribution is 2.51. The number of ether oxygens (including phenoxy) is 1. The molecular formula is C24H30N2O3S. The van der Waals surface area contributed by atoms with E-state index >= 15 is 0 Å². The molecule has 1 aromatic carbocycles. The van der Waals surface area contributed by atoms with Crippen LogP contribution in [-0.2, 0) is 11.2 Å². The summed E-state index contributed by atoms with van der Waals surface area (Å²) in [7, 11) is 3.51. The van der Waals surface area contributed by atoms with Gasteiger partial charge in [-0.2, -0.15) is 0 Å². The second-order valence-corrected chi connectivity index (χ2v) is 10.3. The fourth-order valence-electron chi connectivity index (χ4n) is 4.86. The number of thiophene rings is 1. The maximum atomic E-state index is 13.5. The first-order valence-electron chi connectivity index (χ1n) is 10.5. The normalized spacial score (nSPS) is 23.6. The molecule has 3 atom stereocenters. The van der Waals surface area contributed by atoms with Gasteiger partial charge in [-0.3, -0.25) is 14.5 Å². The molecule has 1 saturated heterocycles. The quantitative estimate of drug-likeness (QED) is 0.685. The highest BCUT2D eigenvalue weighted by atomic mass is 32.1. The molecule has 2 aliphatic heterocycles. The lowest BCUT2D eigenvalue weighted by Gasteiger charge is -2.40. The molecule has 0 bridgehead atoms. The lowest BCUT2D eigenvalue weighted by molar-refractivity contribution is -0.139. The van der Waals surface area contributed by atoms with E-state index in [4.69, 9.17) is 4.74 Å². The molecule has 1 amide bonds. The molecule has 1 aromatic heterocycles. The maximum absolute atomic E-state index is 13.5. The number of nitrogens with zero attached hydrogens (tertiary/aromatic N) is 2. The first-order valence-corrected chi connectivity index (χ1v) is 11.4. The van der Waals surface area contributed by atoms with Crippen LogP contribution in [0.2, 0.25) is 0 Å². The van der Waals surface area contributed by atoms with Gasteiger partial charge >= 0.3 is 0 Å². The SMILES string of the molecule is COc1cc2c(cc1C=O)C1C(c3cccs3)CC(C(=O)N(C)C(C)(C)C)N1CC2. The molecule has 3 heterocycles. The number of amides is 1. The Kier molecular flexibility index (Phi) is 5.49. The minimum absolute atomic E-state index is 0.0966. The minimum atomic E-state index is -0.223. The fraction of sp³-hybridized carbons (Fsp3) is 0.500. The monoisotopic (exact) mass is 426 g/mol. The molecule has 0 spiro atoms. The van der Waals surface area contributed by atoms with Crippen molar-refractivity contribution in [2.45, 2.75) is 57.2 Å². The molecular weight excluding hydrogens is 396 g/mol. The average Bonchev–Trinajstić information content (AvgIpc) is 3.38. The number of likely N-dealkylation sites (N-methyl/N-ethyl adjacent to an activating group) is 1. The second-order valence-electron chi connectivity index (χ2n) is 9.28. The van der Waals surface area contributed by atoms with Gasteiger partial charge in [0.05, 0.1) is 18.7 Å². The molecule has 4 rings (SSSR count). The molecule has 0 radical (unpaired) electrons. The summed E-state index contributed by atoms with van der Waals surface area (Å²) in [6.07, 6.45) is 2.51. The Hall–Kier alpha value is -2.18. The third-order valence-corrected chi connectivity index (χ3v) is 7.73. The minimum Gasteiger partial charge on any atom is -0.496 e. The molecule has 2 aliphatic rings. The predicted molar refractivity (Wildman–Crippen MR) is 120 cm³/mol. The van der Waals surface area contributed by atoms with Crippen LogP contribution in [0.3, 0.4) is 0 Å². The van der Waals surface area contributed by atoms with E-state index < -0.39 is 0 Å². The Morgan fingerprint density at radius 2 is 2.10 bits per heavy atom. The van der Waals surface area contributed by atoms with Crippen molar-refractivity contribution in [3.63, 3.8) is 0 Å². The summed E-state index contributed by atoms with van der Waals surface area (Å²) in [5.41, 5.74) is 2.73. The van der Waals surface area contributed by atoms with Crippen LogP contribution in [0.25, 0.3) is 0 Å². The predicted octanol–water partition coefficient (Wildman–Crippen LogP) is 4.28. The van der Waals surface area contributed by atoms with E-state index in [2.05, 4.69) is 43.2 Å². The van der Waals surface area contributed by atoms with Crippen LogP contribution < -0.4 is 4.74 Å². The van der Waals surface area contributed by atoms with Gasteiger partial charge in [-0.1, -0.05) is 6.07 Å². The molecule has 6 heteroatoms. The second kappa shape index (κ2) is 7.82. The molecule has 0 N–H and O–H groups in total. The Balaban J connectivity index is 1.79. The molecule has 30 heavy (non-hydrogen) atoms. The molecule has 5 nitrogen and oxygen atoms in total. The van der Waals surface area contributed by atoms with Crippen LogP contribution in [0, 0.1) is 0 Å². The van der Waals surface area contributed by atoms with Crippen LogP contribution in [0.1, 0.15) is 65.5 Å². The van der Waals surface area contributed by atoms with Gasteiger partial charge in [0.25, 0.3) is 0 Å². The third kappa shape index (κ3) is 3.46. The number of carbonyl (C=O) groups is 2. The van der Waals surface area contributed by atoms with Crippen molar-refractivity contribution in [3.05, 3.63) is 51.2 Å². The van der Waals surface area contributed by atoms with Gasteiger partial charge in [-0.25, -0.2) is 0 Å². The van der Waals surface area contributed by atoms with Gasteiger partial charge in [0.2, 0.25) is 5.91 Å². The Morgan fingerprint density at radius 3 is 2.70 bits per heavy atom. The van der Waals surface area contributed by atoms with Gasteiger partial charge in [-0.15, -0.1) is 11.3 Å². The van der Waals surface area contributed by atoms with E-state index in [0.717, 1.165) is 31.2 Å². The zero-order valence-corrected chi connectivity index (χ0v) is 19.2. The lowest BCUT2D eigenvalue weighted by Crippen LogP contribution is -2.52. The van der Waals surface area contributed by atoms with Crippen molar-refractivity contribution >= 4 is 23.5 Å². The number of rotatable bonds is 4. The highest BCUT2D eigenvalue weighted by Gasteiger charge is 2.49. The van der Waals surface area contributed by atoms with Gasteiger partial charge in [-0.05, 0) is 68.3 Å². The topological polar surface area (TPSA) is 49.9 Å². The van der Waals surface area contributed by atoms with Crippen LogP contribution in [0.5, 0.6) is 5.75 Å². The van der Waals surface area contributed by atoms with E-state index in [9.17, 15) is 9.59 Å². The summed E-state index contributed by atoms with van der Waals surface area (Å²) in [5.74, 6) is 1.04. The van der Waals surface area contributed by atoms with E-state index in [1.54, 1.807) is 18.4 Å². The Labute approximate surface area is 182 Å². The number of methoxy groups -OCH3 is 1. The summed E-state index contributed by atoms with van der Waals surface area (Å²) in [5, 5.41) is 2.10. The summed E-state index contributed by atoms with van der Waals surface area (Å²) >= 11 is 1.75. The van der Waals surface area contributed by atoms with E-state index in [1.807, 2.05) is 24.1 Å². The summed E-state index contributed by atoms with van der Waals surface area (Å²) in [6.45, 7) is 7.05. The number of fused-ring (bicyclic) bond motifs is 3. The molecule has 0 aliphatic carbocycles.